The maximum absolute atomic E-state index is 12.3. The molecule has 2 rings (SSSR count). The van der Waals surface area contributed by atoms with E-state index in [0.29, 0.717) is 30.6 Å². The second-order valence-corrected chi connectivity index (χ2v) is 5.62. The first-order valence-electron chi connectivity index (χ1n) is 7.25. The standard InChI is InChI=1S/C15H19ClF2N4O.HI/c1-19-15(20-8-13(17)18)22-7-6-21(14(23)10-22)9-11-2-4-12(16)5-3-11;/h2-5,13H,6-10H2,1H3,(H,19,20);1H. The molecule has 1 aromatic rings. The number of hydrogen-bond acceptors (Lipinski definition) is 2. The number of carbonyl (C=O) groups is 1. The van der Waals surface area contributed by atoms with Crippen LogP contribution >= 0.6 is 35.6 Å². The number of hydrogen-bond donors (Lipinski definition) is 1. The lowest BCUT2D eigenvalue weighted by molar-refractivity contribution is -0.135. The van der Waals surface area contributed by atoms with Gasteiger partial charge in [-0.1, -0.05) is 23.7 Å². The predicted octanol–water partition coefficient (Wildman–Crippen LogP) is 2.44. The van der Waals surface area contributed by atoms with Gasteiger partial charge in [0.15, 0.2) is 5.96 Å². The number of carbonyl (C=O) groups excluding carboxylic acids is 1. The normalized spacial score (nSPS) is 15.5. The lowest BCUT2D eigenvalue weighted by Gasteiger charge is -2.36. The summed E-state index contributed by atoms with van der Waals surface area (Å²) in [5.41, 5.74) is 0.997. The van der Waals surface area contributed by atoms with E-state index in [4.69, 9.17) is 11.6 Å². The molecule has 0 spiro atoms. The third kappa shape index (κ3) is 6.04. The van der Waals surface area contributed by atoms with Crippen molar-refractivity contribution in [3.63, 3.8) is 0 Å². The summed E-state index contributed by atoms with van der Waals surface area (Å²) in [4.78, 5) is 19.6. The van der Waals surface area contributed by atoms with Crippen LogP contribution in [0.5, 0.6) is 0 Å². The Balaban J connectivity index is 0.00000288. The van der Waals surface area contributed by atoms with Gasteiger partial charge in [0.25, 0.3) is 6.43 Å². The van der Waals surface area contributed by atoms with Crippen molar-refractivity contribution in [3.05, 3.63) is 34.9 Å². The molecule has 134 valence electrons. The van der Waals surface area contributed by atoms with Crippen molar-refractivity contribution in [3.8, 4) is 0 Å². The van der Waals surface area contributed by atoms with Crippen molar-refractivity contribution >= 4 is 47.4 Å². The Bertz CT molecular complexity index is 571. The number of nitrogens with zero attached hydrogens (tertiary/aromatic N) is 3. The minimum atomic E-state index is -2.46. The highest BCUT2D eigenvalue weighted by Gasteiger charge is 2.26. The van der Waals surface area contributed by atoms with E-state index in [1.165, 1.54) is 7.05 Å². The van der Waals surface area contributed by atoms with Gasteiger partial charge in [0.05, 0.1) is 13.1 Å². The van der Waals surface area contributed by atoms with Gasteiger partial charge in [-0.3, -0.25) is 9.79 Å². The van der Waals surface area contributed by atoms with Gasteiger partial charge >= 0.3 is 0 Å². The number of nitrogens with one attached hydrogen (secondary N) is 1. The fraction of sp³-hybridized carbons (Fsp3) is 0.467. The molecule has 1 saturated heterocycles. The summed E-state index contributed by atoms with van der Waals surface area (Å²) < 4.78 is 24.6. The van der Waals surface area contributed by atoms with Crippen LogP contribution in [0.15, 0.2) is 29.3 Å². The summed E-state index contributed by atoms with van der Waals surface area (Å²) in [5, 5.41) is 3.22. The van der Waals surface area contributed by atoms with Crippen LogP contribution in [-0.2, 0) is 11.3 Å². The highest BCUT2D eigenvalue weighted by atomic mass is 127. The summed E-state index contributed by atoms with van der Waals surface area (Å²) in [7, 11) is 1.51. The molecule has 0 aliphatic carbocycles. The number of aliphatic imine (C=N–C) groups is 1. The zero-order valence-electron chi connectivity index (χ0n) is 13.2. The number of halogens is 4. The minimum absolute atomic E-state index is 0. The summed E-state index contributed by atoms with van der Waals surface area (Å²) in [6.07, 6.45) is -2.46. The molecule has 1 N–H and O–H groups in total. The largest absolute Gasteiger partial charge is 0.350 e. The number of benzene rings is 1. The van der Waals surface area contributed by atoms with E-state index in [2.05, 4.69) is 10.3 Å². The van der Waals surface area contributed by atoms with Crippen molar-refractivity contribution in [2.75, 3.05) is 33.2 Å². The molecule has 1 fully saturated rings. The average Bonchev–Trinajstić information content (AvgIpc) is 2.52. The van der Waals surface area contributed by atoms with E-state index in [1.807, 2.05) is 12.1 Å². The maximum atomic E-state index is 12.3. The van der Waals surface area contributed by atoms with Gasteiger partial charge in [-0.05, 0) is 17.7 Å². The predicted molar refractivity (Wildman–Crippen MR) is 101 cm³/mol. The third-order valence-corrected chi connectivity index (χ3v) is 3.78. The van der Waals surface area contributed by atoms with Gasteiger partial charge in [0, 0.05) is 31.7 Å². The molecule has 1 aliphatic rings. The van der Waals surface area contributed by atoms with Crippen molar-refractivity contribution in [2.45, 2.75) is 13.0 Å². The SMILES string of the molecule is CN=C(NCC(F)F)N1CCN(Cc2ccc(Cl)cc2)C(=O)C1.I. The van der Waals surface area contributed by atoms with E-state index in [0.717, 1.165) is 5.56 Å². The van der Waals surface area contributed by atoms with Crippen molar-refractivity contribution in [1.29, 1.82) is 0 Å². The highest BCUT2D eigenvalue weighted by Crippen LogP contribution is 2.13. The van der Waals surface area contributed by atoms with Gasteiger partial charge in [-0.15, -0.1) is 24.0 Å². The molecule has 1 aromatic carbocycles. The van der Waals surface area contributed by atoms with Crippen molar-refractivity contribution < 1.29 is 13.6 Å². The zero-order valence-corrected chi connectivity index (χ0v) is 16.3. The molecule has 0 atom stereocenters. The summed E-state index contributed by atoms with van der Waals surface area (Å²) in [6.45, 7) is 1.20. The third-order valence-electron chi connectivity index (χ3n) is 3.53. The molecule has 9 heteroatoms. The number of piperazine rings is 1. The van der Waals surface area contributed by atoms with Gasteiger partial charge in [0.2, 0.25) is 5.91 Å². The number of amides is 1. The molecule has 0 saturated carbocycles. The van der Waals surface area contributed by atoms with E-state index in [-0.39, 0.29) is 36.4 Å². The first-order chi connectivity index (χ1) is 11.0. The number of alkyl halides is 2. The Morgan fingerprint density at radius 3 is 2.54 bits per heavy atom. The van der Waals surface area contributed by atoms with Gasteiger partial charge < -0.3 is 15.1 Å². The Morgan fingerprint density at radius 2 is 2.00 bits per heavy atom. The topological polar surface area (TPSA) is 47.9 Å². The monoisotopic (exact) mass is 472 g/mol. The summed E-state index contributed by atoms with van der Waals surface area (Å²) in [6, 6.07) is 7.33. The molecule has 5 nitrogen and oxygen atoms in total. The van der Waals surface area contributed by atoms with Crippen LogP contribution in [0.4, 0.5) is 8.78 Å². The second kappa shape index (κ2) is 9.97. The molecular formula is C15H20ClF2IN4O. The molecule has 0 radical (unpaired) electrons. The number of rotatable bonds is 4. The van der Waals surface area contributed by atoms with Crippen LogP contribution in [0, 0.1) is 0 Å². The van der Waals surface area contributed by atoms with Crippen molar-refractivity contribution in [1.82, 2.24) is 15.1 Å². The molecule has 24 heavy (non-hydrogen) atoms. The highest BCUT2D eigenvalue weighted by molar-refractivity contribution is 14.0. The fourth-order valence-electron chi connectivity index (χ4n) is 2.37. The van der Waals surface area contributed by atoms with Gasteiger partial charge in [0.1, 0.15) is 0 Å². The minimum Gasteiger partial charge on any atom is -0.350 e. The van der Waals surface area contributed by atoms with Crippen LogP contribution in [0.25, 0.3) is 0 Å². The second-order valence-electron chi connectivity index (χ2n) is 5.18. The van der Waals surface area contributed by atoms with E-state index >= 15 is 0 Å². The first-order valence-corrected chi connectivity index (χ1v) is 7.63. The molecular weight excluding hydrogens is 453 g/mol. The van der Waals surface area contributed by atoms with Crippen LogP contribution in [0.2, 0.25) is 5.02 Å². The molecule has 1 heterocycles. The Labute approximate surface area is 162 Å². The average molecular weight is 473 g/mol. The van der Waals surface area contributed by atoms with Gasteiger partial charge in [-0.25, -0.2) is 8.78 Å². The van der Waals surface area contributed by atoms with Crippen LogP contribution in [0.1, 0.15) is 5.56 Å². The van der Waals surface area contributed by atoms with E-state index in [9.17, 15) is 13.6 Å². The maximum Gasteiger partial charge on any atom is 0.255 e. The quantitative estimate of drug-likeness (QED) is 0.416. The Morgan fingerprint density at radius 1 is 1.33 bits per heavy atom. The van der Waals surface area contributed by atoms with Crippen LogP contribution in [-0.4, -0.2) is 61.3 Å². The molecule has 1 amide bonds. The van der Waals surface area contributed by atoms with Crippen LogP contribution < -0.4 is 5.32 Å². The Kier molecular flexibility index (Phi) is 8.68. The lowest BCUT2D eigenvalue weighted by atomic mass is 10.2. The molecule has 1 aliphatic heterocycles. The molecule has 0 unspecified atom stereocenters. The fourth-order valence-corrected chi connectivity index (χ4v) is 2.49. The lowest BCUT2D eigenvalue weighted by Crippen LogP contribution is -2.55. The van der Waals surface area contributed by atoms with Gasteiger partial charge in [-0.2, -0.15) is 0 Å². The molecule has 0 bridgehead atoms. The van der Waals surface area contributed by atoms with Crippen LogP contribution in [0.3, 0.4) is 0 Å². The van der Waals surface area contributed by atoms with Crippen molar-refractivity contribution in [2.24, 2.45) is 4.99 Å². The van der Waals surface area contributed by atoms with E-state index in [1.54, 1.807) is 21.9 Å². The molecule has 0 aromatic heterocycles. The zero-order chi connectivity index (χ0) is 16.8. The Hall–Kier alpha value is -1.16. The number of guanidine groups is 1. The summed E-state index contributed by atoms with van der Waals surface area (Å²) >= 11 is 5.84. The van der Waals surface area contributed by atoms with E-state index < -0.39 is 13.0 Å². The smallest absolute Gasteiger partial charge is 0.255 e. The summed E-state index contributed by atoms with van der Waals surface area (Å²) in [5.74, 6) is 0.260. The first kappa shape index (κ1) is 20.9.